The topological polar surface area (TPSA) is 67.2 Å². The fourth-order valence-electron chi connectivity index (χ4n) is 3.58. The minimum Gasteiger partial charge on any atom is -0.352 e. The van der Waals surface area contributed by atoms with Crippen molar-refractivity contribution in [1.82, 2.24) is 20.0 Å². The fourth-order valence-corrected chi connectivity index (χ4v) is 3.58. The van der Waals surface area contributed by atoms with Crippen molar-refractivity contribution >= 4 is 11.8 Å². The first-order chi connectivity index (χ1) is 13.5. The number of piperidine rings is 1. The van der Waals surface area contributed by atoms with Gasteiger partial charge in [-0.1, -0.05) is 18.2 Å². The van der Waals surface area contributed by atoms with E-state index in [1.54, 1.807) is 29.1 Å². The summed E-state index contributed by atoms with van der Waals surface area (Å²) in [5.74, 6) is -0.00773. The van der Waals surface area contributed by atoms with Crippen LogP contribution >= 0.6 is 0 Å². The second-order valence-corrected chi connectivity index (χ2v) is 7.39. The van der Waals surface area contributed by atoms with Crippen molar-refractivity contribution in [3.63, 3.8) is 0 Å². The summed E-state index contributed by atoms with van der Waals surface area (Å²) < 4.78 is 15.3. The van der Waals surface area contributed by atoms with E-state index >= 15 is 0 Å². The van der Waals surface area contributed by atoms with Gasteiger partial charge in [0.2, 0.25) is 11.8 Å². The maximum absolute atomic E-state index is 13.6. The Morgan fingerprint density at radius 1 is 1.29 bits per heavy atom. The Labute approximate surface area is 164 Å². The lowest BCUT2D eigenvalue weighted by atomic mass is 9.93. The molecule has 1 aliphatic heterocycles. The van der Waals surface area contributed by atoms with Gasteiger partial charge in [0.15, 0.2) is 0 Å². The number of rotatable bonds is 7. The molecule has 1 N–H and O–H groups in total. The number of halogens is 1. The molecule has 150 valence electrons. The van der Waals surface area contributed by atoms with Crippen molar-refractivity contribution in [3.05, 3.63) is 53.6 Å². The molecule has 0 radical (unpaired) electrons. The van der Waals surface area contributed by atoms with Gasteiger partial charge in [0, 0.05) is 43.5 Å². The zero-order valence-electron chi connectivity index (χ0n) is 16.2. The molecule has 2 heterocycles. The molecule has 1 saturated heterocycles. The Bertz CT molecular complexity index is 820. The normalized spacial score (nSPS) is 16.8. The lowest BCUT2D eigenvalue weighted by Crippen LogP contribution is -2.42. The van der Waals surface area contributed by atoms with Crippen LogP contribution in [0.3, 0.4) is 0 Å². The predicted octanol–water partition coefficient (Wildman–Crippen LogP) is 2.67. The highest BCUT2D eigenvalue weighted by Gasteiger charge is 2.24. The van der Waals surface area contributed by atoms with Gasteiger partial charge in [-0.05, 0) is 44.2 Å². The Morgan fingerprint density at radius 2 is 2.11 bits per heavy atom. The molecular weight excluding hydrogens is 359 g/mol. The van der Waals surface area contributed by atoms with Crippen LogP contribution < -0.4 is 5.32 Å². The Kier molecular flexibility index (Phi) is 6.79. The number of likely N-dealkylation sites (tertiary alicyclic amines) is 1. The summed E-state index contributed by atoms with van der Waals surface area (Å²) in [6, 6.07) is 8.32. The zero-order chi connectivity index (χ0) is 19.9. The van der Waals surface area contributed by atoms with Gasteiger partial charge in [0.25, 0.3) is 0 Å². The predicted molar refractivity (Wildman–Crippen MR) is 104 cm³/mol. The summed E-state index contributed by atoms with van der Waals surface area (Å²) in [5, 5.41) is 6.95. The number of benzene rings is 1. The molecule has 0 saturated carbocycles. The highest BCUT2D eigenvalue weighted by atomic mass is 19.1. The SMILES string of the molecule is Cc1ccnn1CC(=O)N1CCC[C@@H](CCC(=O)NCc2ccccc2F)C1. The van der Waals surface area contributed by atoms with E-state index in [1.165, 1.54) is 6.07 Å². The molecule has 3 rings (SSSR count). The first kappa shape index (κ1) is 20.0. The molecule has 1 fully saturated rings. The second-order valence-electron chi connectivity index (χ2n) is 7.39. The monoisotopic (exact) mass is 386 g/mol. The number of hydrogen-bond acceptors (Lipinski definition) is 3. The molecular formula is C21H27FN4O2. The largest absolute Gasteiger partial charge is 0.352 e. The quantitative estimate of drug-likeness (QED) is 0.796. The minimum absolute atomic E-state index is 0.0699. The number of nitrogens with one attached hydrogen (secondary N) is 1. The molecule has 0 spiro atoms. The Balaban J connectivity index is 1.42. The maximum Gasteiger partial charge on any atom is 0.244 e. The smallest absolute Gasteiger partial charge is 0.244 e. The molecule has 28 heavy (non-hydrogen) atoms. The average Bonchev–Trinajstić information content (AvgIpc) is 3.10. The third kappa shape index (κ3) is 5.41. The van der Waals surface area contributed by atoms with Crippen molar-refractivity contribution in [2.45, 2.75) is 45.7 Å². The van der Waals surface area contributed by atoms with E-state index < -0.39 is 0 Å². The molecule has 7 heteroatoms. The molecule has 0 bridgehead atoms. The molecule has 1 aromatic carbocycles. The van der Waals surface area contributed by atoms with Crippen LogP contribution in [0.1, 0.15) is 36.9 Å². The Hall–Kier alpha value is -2.70. The van der Waals surface area contributed by atoms with E-state index in [9.17, 15) is 14.0 Å². The van der Waals surface area contributed by atoms with Crippen LogP contribution in [0.5, 0.6) is 0 Å². The van der Waals surface area contributed by atoms with E-state index in [0.29, 0.717) is 24.4 Å². The summed E-state index contributed by atoms with van der Waals surface area (Å²) >= 11 is 0. The van der Waals surface area contributed by atoms with Crippen LogP contribution in [-0.4, -0.2) is 39.6 Å². The third-order valence-corrected chi connectivity index (χ3v) is 5.30. The van der Waals surface area contributed by atoms with E-state index in [1.807, 2.05) is 17.9 Å². The van der Waals surface area contributed by atoms with Crippen LogP contribution in [-0.2, 0) is 22.7 Å². The van der Waals surface area contributed by atoms with Gasteiger partial charge in [0.05, 0.1) is 0 Å². The minimum atomic E-state index is -0.309. The number of amides is 2. The molecule has 0 aliphatic carbocycles. The second kappa shape index (κ2) is 9.48. The van der Waals surface area contributed by atoms with Crippen molar-refractivity contribution in [2.75, 3.05) is 13.1 Å². The first-order valence-electron chi connectivity index (χ1n) is 9.79. The van der Waals surface area contributed by atoms with E-state index in [2.05, 4.69) is 10.4 Å². The van der Waals surface area contributed by atoms with Crippen LogP contribution in [0.25, 0.3) is 0 Å². The maximum atomic E-state index is 13.6. The van der Waals surface area contributed by atoms with Gasteiger partial charge in [0.1, 0.15) is 12.4 Å². The number of aryl methyl sites for hydroxylation is 1. The van der Waals surface area contributed by atoms with Gasteiger partial charge >= 0.3 is 0 Å². The van der Waals surface area contributed by atoms with E-state index in [4.69, 9.17) is 0 Å². The molecule has 0 unspecified atom stereocenters. The van der Waals surface area contributed by atoms with Crippen molar-refractivity contribution in [2.24, 2.45) is 5.92 Å². The molecule has 1 aromatic heterocycles. The summed E-state index contributed by atoms with van der Waals surface area (Å²) in [5.41, 5.74) is 1.45. The third-order valence-electron chi connectivity index (χ3n) is 5.30. The van der Waals surface area contributed by atoms with Crippen LogP contribution in [0.2, 0.25) is 0 Å². The Morgan fingerprint density at radius 3 is 2.86 bits per heavy atom. The lowest BCUT2D eigenvalue weighted by Gasteiger charge is -2.33. The highest BCUT2D eigenvalue weighted by molar-refractivity contribution is 5.76. The van der Waals surface area contributed by atoms with Crippen molar-refractivity contribution < 1.29 is 14.0 Å². The van der Waals surface area contributed by atoms with Crippen LogP contribution in [0.15, 0.2) is 36.5 Å². The van der Waals surface area contributed by atoms with Gasteiger partial charge in [-0.3, -0.25) is 14.3 Å². The summed E-state index contributed by atoms with van der Waals surface area (Å²) in [7, 11) is 0. The molecule has 2 amide bonds. The number of carbonyl (C=O) groups excluding carboxylic acids is 2. The van der Waals surface area contributed by atoms with Crippen LogP contribution in [0.4, 0.5) is 4.39 Å². The number of aromatic nitrogens is 2. The van der Waals surface area contributed by atoms with Crippen molar-refractivity contribution in [3.8, 4) is 0 Å². The molecule has 6 nitrogen and oxygen atoms in total. The fraction of sp³-hybridized carbons (Fsp3) is 0.476. The van der Waals surface area contributed by atoms with Crippen molar-refractivity contribution in [1.29, 1.82) is 0 Å². The number of nitrogens with zero attached hydrogens (tertiary/aromatic N) is 3. The van der Waals surface area contributed by atoms with Gasteiger partial charge in [-0.25, -0.2) is 4.39 Å². The summed E-state index contributed by atoms with van der Waals surface area (Å²) in [6.45, 7) is 3.83. The lowest BCUT2D eigenvalue weighted by molar-refractivity contribution is -0.134. The van der Waals surface area contributed by atoms with Gasteiger partial charge in [-0.2, -0.15) is 5.10 Å². The van der Waals surface area contributed by atoms with Gasteiger partial charge < -0.3 is 10.2 Å². The number of carbonyl (C=O) groups is 2. The van der Waals surface area contributed by atoms with Crippen LogP contribution in [0, 0.1) is 18.7 Å². The van der Waals surface area contributed by atoms with E-state index in [-0.39, 0.29) is 30.7 Å². The first-order valence-corrected chi connectivity index (χ1v) is 9.79. The molecule has 2 aromatic rings. The van der Waals surface area contributed by atoms with Gasteiger partial charge in [-0.15, -0.1) is 0 Å². The molecule has 1 atom stereocenters. The highest BCUT2D eigenvalue weighted by Crippen LogP contribution is 2.21. The number of hydrogen-bond donors (Lipinski definition) is 1. The average molecular weight is 386 g/mol. The molecule has 1 aliphatic rings. The summed E-state index contributed by atoms with van der Waals surface area (Å²) in [4.78, 5) is 26.5. The summed E-state index contributed by atoms with van der Waals surface area (Å²) in [6.07, 6.45) is 4.78. The zero-order valence-corrected chi connectivity index (χ0v) is 16.2. The van der Waals surface area contributed by atoms with E-state index in [0.717, 1.165) is 31.5 Å². The standard InChI is InChI=1S/C21H27FN4O2/c1-16-10-11-24-26(16)15-21(28)25-12-4-5-17(14-25)8-9-20(27)23-13-18-6-2-3-7-19(18)22/h2-3,6-7,10-11,17H,4-5,8-9,12-15H2,1H3,(H,23,27)/t17-/m0/s1.